The van der Waals surface area contributed by atoms with Crippen molar-refractivity contribution in [2.24, 2.45) is 0 Å². The lowest BCUT2D eigenvalue weighted by molar-refractivity contribution is 0.102. The van der Waals surface area contributed by atoms with Crippen molar-refractivity contribution in [1.82, 2.24) is 0 Å². The van der Waals surface area contributed by atoms with E-state index >= 15 is 0 Å². The fourth-order valence-electron chi connectivity index (χ4n) is 2.35. The lowest BCUT2D eigenvalue weighted by Gasteiger charge is -2.11. The van der Waals surface area contributed by atoms with E-state index in [0.29, 0.717) is 11.3 Å². The second-order valence-corrected chi connectivity index (χ2v) is 6.03. The van der Waals surface area contributed by atoms with Gasteiger partial charge in [-0.1, -0.05) is 24.3 Å². The van der Waals surface area contributed by atoms with E-state index in [-0.39, 0.29) is 5.91 Å². The molecule has 0 atom stereocenters. The zero-order valence-electron chi connectivity index (χ0n) is 11.9. The first kappa shape index (κ1) is 13.6. The molecule has 1 aromatic heterocycles. The van der Waals surface area contributed by atoms with Gasteiger partial charge in [-0.05, 0) is 37.1 Å². The Morgan fingerprint density at radius 2 is 1.90 bits per heavy atom. The molecule has 0 fully saturated rings. The van der Waals surface area contributed by atoms with Crippen molar-refractivity contribution in [2.75, 3.05) is 11.1 Å². The molecule has 3 rings (SSSR count). The summed E-state index contributed by atoms with van der Waals surface area (Å²) in [5.41, 5.74) is 10.1. The third-order valence-corrected chi connectivity index (χ3v) is 4.55. The summed E-state index contributed by atoms with van der Waals surface area (Å²) < 4.78 is 1.11. The van der Waals surface area contributed by atoms with Crippen molar-refractivity contribution in [3.8, 4) is 0 Å². The molecule has 0 spiro atoms. The van der Waals surface area contributed by atoms with E-state index in [4.69, 9.17) is 5.73 Å². The minimum Gasteiger partial charge on any atom is -0.398 e. The number of benzene rings is 2. The summed E-state index contributed by atoms with van der Waals surface area (Å²) in [6.45, 7) is 3.92. The fourth-order valence-corrected chi connectivity index (χ4v) is 3.29. The van der Waals surface area contributed by atoms with Gasteiger partial charge in [-0.25, -0.2) is 0 Å². The smallest absolute Gasteiger partial charge is 0.257 e. The van der Waals surface area contributed by atoms with Crippen LogP contribution in [0.1, 0.15) is 21.5 Å². The largest absolute Gasteiger partial charge is 0.398 e. The number of thiophene rings is 1. The van der Waals surface area contributed by atoms with Crippen molar-refractivity contribution in [3.63, 3.8) is 0 Å². The number of amides is 1. The van der Waals surface area contributed by atoms with Crippen LogP contribution in [0.4, 0.5) is 11.4 Å². The average Bonchev–Trinajstić information content (AvgIpc) is 2.88. The Balaban J connectivity index is 1.95. The molecule has 3 aromatic rings. The molecule has 0 aliphatic heterocycles. The number of nitrogens with two attached hydrogens (primary N) is 1. The topological polar surface area (TPSA) is 55.1 Å². The Bertz CT molecular complexity index is 836. The molecule has 0 radical (unpaired) electrons. The summed E-state index contributed by atoms with van der Waals surface area (Å²) in [6.07, 6.45) is 0. The summed E-state index contributed by atoms with van der Waals surface area (Å²) in [6, 6.07) is 11.7. The van der Waals surface area contributed by atoms with Crippen LogP contribution in [0.25, 0.3) is 10.1 Å². The van der Waals surface area contributed by atoms with Crippen molar-refractivity contribution >= 4 is 38.7 Å². The molecule has 4 heteroatoms. The molecule has 106 valence electrons. The molecule has 21 heavy (non-hydrogen) atoms. The van der Waals surface area contributed by atoms with Crippen LogP contribution >= 0.6 is 11.3 Å². The van der Waals surface area contributed by atoms with Gasteiger partial charge in [0, 0.05) is 26.8 Å². The standard InChI is InChI=1S/C17H16N2OS/c1-10-7-11(2)15(8-14(10)18)19-17(20)13-9-21-16-6-4-3-5-12(13)16/h3-9H,18H2,1-2H3,(H,19,20). The van der Waals surface area contributed by atoms with Gasteiger partial charge in [0.15, 0.2) is 0 Å². The van der Waals surface area contributed by atoms with Gasteiger partial charge in [-0.15, -0.1) is 11.3 Å². The van der Waals surface area contributed by atoms with E-state index < -0.39 is 0 Å². The zero-order valence-corrected chi connectivity index (χ0v) is 12.8. The predicted octanol–water partition coefficient (Wildman–Crippen LogP) is 4.35. The minimum atomic E-state index is -0.0983. The number of hydrogen-bond donors (Lipinski definition) is 2. The monoisotopic (exact) mass is 296 g/mol. The Labute approximate surface area is 127 Å². The van der Waals surface area contributed by atoms with Gasteiger partial charge >= 0.3 is 0 Å². The molecular weight excluding hydrogens is 280 g/mol. The number of carbonyl (C=O) groups is 1. The van der Waals surface area contributed by atoms with Gasteiger partial charge in [0.1, 0.15) is 0 Å². The van der Waals surface area contributed by atoms with Crippen molar-refractivity contribution in [1.29, 1.82) is 0 Å². The molecule has 1 amide bonds. The maximum atomic E-state index is 12.5. The van der Waals surface area contributed by atoms with Crippen LogP contribution in [0, 0.1) is 13.8 Å². The first-order valence-electron chi connectivity index (χ1n) is 6.70. The molecule has 1 heterocycles. The number of nitrogen functional groups attached to an aromatic ring is 1. The van der Waals surface area contributed by atoms with Crippen LogP contribution in [0.5, 0.6) is 0 Å². The Hall–Kier alpha value is -2.33. The van der Waals surface area contributed by atoms with E-state index in [1.807, 2.05) is 55.6 Å². The van der Waals surface area contributed by atoms with E-state index in [1.165, 1.54) is 0 Å². The van der Waals surface area contributed by atoms with Crippen molar-refractivity contribution in [2.45, 2.75) is 13.8 Å². The number of hydrogen-bond acceptors (Lipinski definition) is 3. The fraction of sp³-hybridized carbons (Fsp3) is 0.118. The van der Waals surface area contributed by atoms with Crippen molar-refractivity contribution in [3.05, 3.63) is 58.5 Å². The third-order valence-electron chi connectivity index (χ3n) is 3.59. The average molecular weight is 296 g/mol. The Morgan fingerprint density at radius 1 is 1.14 bits per heavy atom. The normalized spacial score (nSPS) is 10.8. The Kier molecular flexibility index (Phi) is 3.39. The zero-order chi connectivity index (χ0) is 15.0. The van der Waals surface area contributed by atoms with Gasteiger partial charge in [0.05, 0.1) is 5.56 Å². The number of rotatable bonds is 2. The Morgan fingerprint density at radius 3 is 2.71 bits per heavy atom. The summed E-state index contributed by atoms with van der Waals surface area (Å²) >= 11 is 1.58. The second-order valence-electron chi connectivity index (χ2n) is 5.12. The molecule has 0 aliphatic rings. The van der Waals surface area contributed by atoms with Gasteiger partial charge in [-0.2, -0.15) is 0 Å². The third kappa shape index (κ3) is 2.50. The molecule has 0 aliphatic carbocycles. The molecule has 3 N–H and O–H groups in total. The first-order valence-corrected chi connectivity index (χ1v) is 7.58. The summed E-state index contributed by atoms with van der Waals surface area (Å²) in [4.78, 5) is 12.5. The molecule has 0 unspecified atom stereocenters. The van der Waals surface area contributed by atoms with Crippen LogP contribution in [0.3, 0.4) is 0 Å². The molecule has 0 saturated heterocycles. The summed E-state index contributed by atoms with van der Waals surface area (Å²) in [5, 5.41) is 5.84. The van der Waals surface area contributed by atoms with Crippen LogP contribution in [-0.2, 0) is 0 Å². The van der Waals surface area contributed by atoms with Crippen LogP contribution in [0.2, 0.25) is 0 Å². The van der Waals surface area contributed by atoms with E-state index in [2.05, 4.69) is 5.32 Å². The SMILES string of the molecule is Cc1cc(C)c(NC(=O)c2csc3ccccc23)cc1N. The van der Waals surface area contributed by atoms with Crippen LogP contribution < -0.4 is 11.1 Å². The van der Waals surface area contributed by atoms with Crippen LogP contribution in [0.15, 0.2) is 41.8 Å². The highest BCUT2D eigenvalue weighted by molar-refractivity contribution is 7.17. The number of fused-ring (bicyclic) bond motifs is 1. The predicted molar refractivity (Wildman–Crippen MR) is 90.1 cm³/mol. The molecule has 0 bridgehead atoms. The van der Waals surface area contributed by atoms with E-state index in [0.717, 1.165) is 26.9 Å². The van der Waals surface area contributed by atoms with Gasteiger partial charge in [0.25, 0.3) is 5.91 Å². The summed E-state index contributed by atoms with van der Waals surface area (Å²) in [7, 11) is 0. The van der Waals surface area contributed by atoms with Crippen molar-refractivity contribution < 1.29 is 4.79 Å². The molecule has 2 aromatic carbocycles. The highest BCUT2D eigenvalue weighted by atomic mass is 32.1. The lowest BCUT2D eigenvalue weighted by Crippen LogP contribution is -2.12. The number of carbonyl (C=O) groups excluding carboxylic acids is 1. The highest BCUT2D eigenvalue weighted by Crippen LogP contribution is 2.28. The lowest BCUT2D eigenvalue weighted by atomic mass is 10.1. The van der Waals surface area contributed by atoms with Gasteiger partial charge in [-0.3, -0.25) is 4.79 Å². The molecule has 3 nitrogen and oxygen atoms in total. The van der Waals surface area contributed by atoms with E-state index in [9.17, 15) is 4.79 Å². The minimum absolute atomic E-state index is 0.0983. The maximum Gasteiger partial charge on any atom is 0.257 e. The summed E-state index contributed by atoms with van der Waals surface area (Å²) in [5.74, 6) is -0.0983. The number of aryl methyl sites for hydroxylation is 2. The highest BCUT2D eigenvalue weighted by Gasteiger charge is 2.13. The van der Waals surface area contributed by atoms with E-state index in [1.54, 1.807) is 11.3 Å². The van der Waals surface area contributed by atoms with Gasteiger partial charge in [0.2, 0.25) is 0 Å². The van der Waals surface area contributed by atoms with Gasteiger partial charge < -0.3 is 11.1 Å². The second kappa shape index (κ2) is 5.22. The van der Waals surface area contributed by atoms with Crippen LogP contribution in [-0.4, -0.2) is 5.91 Å². The molecular formula is C17H16N2OS. The number of nitrogens with one attached hydrogen (secondary N) is 1. The number of anilines is 2. The maximum absolute atomic E-state index is 12.5. The first-order chi connectivity index (χ1) is 10.1. The quantitative estimate of drug-likeness (QED) is 0.691. The molecule has 0 saturated carbocycles.